The third-order valence-corrected chi connectivity index (χ3v) is 7.00. The summed E-state index contributed by atoms with van der Waals surface area (Å²) in [5.41, 5.74) is 0.731. The number of likely N-dealkylation sites (N-methyl/N-ethyl adjacent to an activating group) is 1. The van der Waals surface area contributed by atoms with E-state index in [1.165, 1.54) is 11.3 Å². The van der Waals surface area contributed by atoms with Gasteiger partial charge in [0.1, 0.15) is 4.90 Å². The van der Waals surface area contributed by atoms with Crippen molar-refractivity contribution < 1.29 is 13.5 Å². The molecule has 1 aliphatic rings. The van der Waals surface area contributed by atoms with Gasteiger partial charge in [-0.1, -0.05) is 0 Å². The number of aliphatic hydroxyl groups excluding tert-OH is 1. The summed E-state index contributed by atoms with van der Waals surface area (Å²) in [6.45, 7) is 2.87. The van der Waals surface area contributed by atoms with E-state index in [-0.39, 0.29) is 12.6 Å². The Morgan fingerprint density at radius 2 is 2.20 bits per heavy atom. The minimum absolute atomic E-state index is 0.0286. The first-order valence-corrected chi connectivity index (χ1v) is 9.04. The summed E-state index contributed by atoms with van der Waals surface area (Å²) in [5.74, 6) is 0. The summed E-state index contributed by atoms with van der Waals surface area (Å²) in [5, 5.41) is 11.2. The normalized spacial score (nSPS) is 20.9. The van der Waals surface area contributed by atoms with Gasteiger partial charge in [0.25, 0.3) is 0 Å². The molecule has 1 aliphatic heterocycles. The molecule has 0 bridgehead atoms. The molecule has 2 heterocycles. The van der Waals surface area contributed by atoms with Gasteiger partial charge >= 0.3 is 0 Å². The van der Waals surface area contributed by atoms with E-state index in [1.807, 2.05) is 19.0 Å². The summed E-state index contributed by atoms with van der Waals surface area (Å²) in [4.78, 5) is 2.88. The summed E-state index contributed by atoms with van der Waals surface area (Å²) >= 11 is 1.31. The van der Waals surface area contributed by atoms with Gasteiger partial charge in [-0.3, -0.25) is 0 Å². The van der Waals surface area contributed by atoms with Gasteiger partial charge in [0.05, 0.1) is 11.5 Å². The molecule has 2 rings (SSSR count). The van der Waals surface area contributed by atoms with Crippen molar-refractivity contribution in [2.24, 2.45) is 0 Å². The fraction of sp³-hybridized carbons (Fsp3) is 0.692. The van der Waals surface area contributed by atoms with Gasteiger partial charge in [-0.05, 0) is 44.8 Å². The Morgan fingerprint density at radius 1 is 1.50 bits per heavy atom. The van der Waals surface area contributed by atoms with Crippen LogP contribution < -0.4 is 0 Å². The predicted octanol–water partition coefficient (Wildman–Crippen LogP) is 1.26. The fourth-order valence-electron chi connectivity index (χ4n) is 2.79. The number of nitrogens with zero attached hydrogens (tertiary/aromatic N) is 2. The molecular formula is C13H22N2O3S2. The molecule has 114 valence electrons. The van der Waals surface area contributed by atoms with Crippen molar-refractivity contribution in [3.05, 3.63) is 15.8 Å². The molecule has 0 amide bonds. The molecule has 1 saturated heterocycles. The van der Waals surface area contributed by atoms with E-state index < -0.39 is 10.0 Å². The van der Waals surface area contributed by atoms with Crippen LogP contribution >= 0.6 is 11.3 Å². The second-order valence-corrected chi connectivity index (χ2v) is 8.29. The molecule has 0 spiro atoms. The zero-order chi connectivity index (χ0) is 14.9. The van der Waals surface area contributed by atoms with E-state index in [2.05, 4.69) is 0 Å². The minimum Gasteiger partial charge on any atom is -0.391 e. The smallest absolute Gasteiger partial charge is 0.244 e. The number of thiophene rings is 1. The lowest BCUT2D eigenvalue weighted by Gasteiger charge is -2.26. The van der Waals surface area contributed by atoms with Crippen LogP contribution in [0.5, 0.6) is 0 Å². The Morgan fingerprint density at radius 3 is 2.80 bits per heavy atom. The van der Waals surface area contributed by atoms with Crippen LogP contribution in [0.1, 0.15) is 23.3 Å². The molecule has 20 heavy (non-hydrogen) atoms. The van der Waals surface area contributed by atoms with Crippen molar-refractivity contribution in [3.8, 4) is 0 Å². The van der Waals surface area contributed by atoms with Crippen LogP contribution in [0.15, 0.2) is 10.3 Å². The summed E-state index contributed by atoms with van der Waals surface area (Å²) in [6, 6.07) is 0.0286. The Hall–Kier alpha value is -0.470. The molecule has 5 nitrogen and oxygen atoms in total. The highest BCUT2D eigenvalue weighted by atomic mass is 32.2. The number of rotatable bonds is 5. The molecule has 0 aromatic carbocycles. The first-order valence-electron chi connectivity index (χ1n) is 6.72. The topological polar surface area (TPSA) is 60.9 Å². The van der Waals surface area contributed by atoms with Crippen LogP contribution in [0.3, 0.4) is 0 Å². The molecule has 1 unspecified atom stereocenters. The molecule has 0 aliphatic carbocycles. The van der Waals surface area contributed by atoms with Gasteiger partial charge < -0.3 is 10.0 Å². The lowest BCUT2D eigenvalue weighted by molar-refractivity contribution is 0.279. The lowest BCUT2D eigenvalue weighted by Crippen LogP contribution is -2.41. The highest BCUT2D eigenvalue weighted by molar-refractivity contribution is 7.89. The molecule has 0 saturated carbocycles. The predicted molar refractivity (Wildman–Crippen MR) is 80.4 cm³/mol. The van der Waals surface area contributed by atoms with Crippen molar-refractivity contribution in [2.45, 2.75) is 37.3 Å². The van der Waals surface area contributed by atoms with Gasteiger partial charge in [0, 0.05) is 19.1 Å². The van der Waals surface area contributed by atoms with Crippen LogP contribution in [0.2, 0.25) is 0 Å². The van der Waals surface area contributed by atoms with Crippen molar-refractivity contribution in [2.75, 3.05) is 27.2 Å². The van der Waals surface area contributed by atoms with Gasteiger partial charge in [-0.25, -0.2) is 8.42 Å². The zero-order valence-electron chi connectivity index (χ0n) is 12.2. The van der Waals surface area contributed by atoms with Crippen LogP contribution in [-0.4, -0.2) is 56.0 Å². The van der Waals surface area contributed by atoms with E-state index in [0.29, 0.717) is 16.3 Å². The monoisotopic (exact) mass is 318 g/mol. The average molecular weight is 318 g/mol. The van der Waals surface area contributed by atoms with Crippen molar-refractivity contribution in [3.63, 3.8) is 0 Å². The minimum atomic E-state index is -3.51. The quantitative estimate of drug-likeness (QED) is 0.888. The molecule has 1 N–H and O–H groups in total. The number of hydrogen-bond donors (Lipinski definition) is 1. The SMILES string of the molecule is Cc1csc(CO)c1S(=O)(=O)N1CCCC1CN(C)C. The second-order valence-electron chi connectivity index (χ2n) is 5.50. The highest BCUT2D eigenvalue weighted by Gasteiger charge is 2.37. The van der Waals surface area contributed by atoms with Crippen molar-refractivity contribution >= 4 is 21.4 Å². The van der Waals surface area contributed by atoms with E-state index in [9.17, 15) is 13.5 Å². The number of sulfonamides is 1. The molecule has 1 atom stereocenters. The first-order chi connectivity index (χ1) is 9.37. The van der Waals surface area contributed by atoms with Gasteiger partial charge in [0.2, 0.25) is 10.0 Å². The number of aliphatic hydroxyl groups is 1. The summed E-state index contributed by atoms with van der Waals surface area (Å²) in [6.07, 6.45) is 1.80. The molecule has 1 fully saturated rings. The van der Waals surface area contributed by atoms with Crippen LogP contribution in [0, 0.1) is 6.92 Å². The largest absolute Gasteiger partial charge is 0.391 e. The molecule has 1 aromatic rings. The maximum absolute atomic E-state index is 12.9. The van der Waals surface area contributed by atoms with Gasteiger partial charge in [0.15, 0.2) is 0 Å². The molecule has 1 aromatic heterocycles. The Kier molecular flexibility index (Phi) is 4.86. The Balaban J connectivity index is 2.36. The van der Waals surface area contributed by atoms with Crippen LogP contribution in [0.25, 0.3) is 0 Å². The standard InChI is InChI=1S/C13H22N2O3S2/c1-10-9-19-12(8-16)13(10)20(17,18)15-6-4-5-11(15)7-14(2)3/h9,11,16H,4-8H2,1-3H3. The summed E-state index contributed by atoms with van der Waals surface area (Å²) < 4.78 is 27.4. The Labute approximate surface area is 124 Å². The summed E-state index contributed by atoms with van der Waals surface area (Å²) in [7, 11) is 0.406. The van der Waals surface area contributed by atoms with E-state index in [1.54, 1.807) is 16.6 Å². The van der Waals surface area contributed by atoms with E-state index >= 15 is 0 Å². The highest BCUT2D eigenvalue weighted by Crippen LogP contribution is 2.33. The first kappa shape index (κ1) is 15.9. The fourth-order valence-corrected chi connectivity index (χ4v) is 6.09. The zero-order valence-corrected chi connectivity index (χ0v) is 13.8. The average Bonchev–Trinajstić information content (AvgIpc) is 2.95. The molecule has 0 radical (unpaired) electrons. The van der Waals surface area contributed by atoms with Crippen molar-refractivity contribution in [1.29, 1.82) is 0 Å². The van der Waals surface area contributed by atoms with E-state index in [0.717, 1.165) is 24.9 Å². The third-order valence-electron chi connectivity index (χ3n) is 3.60. The van der Waals surface area contributed by atoms with Crippen molar-refractivity contribution in [1.82, 2.24) is 9.21 Å². The lowest BCUT2D eigenvalue weighted by atomic mass is 10.2. The number of hydrogen-bond acceptors (Lipinski definition) is 5. The third kappa shape index (κ3) is 2.92. The molecule has 7 heteroatoms. The molecular weight excluding hydrogens is 296 g/mol. The maximum Gasteiger partial charge on any atom is 0.244 e. The van der Waals surface area contributed by atoms with Gasteiger partial charge in [-0.2, -0.15) is 4.31 Å². The number of aryl methyl sites for hydroxylation is 1. The second kappa shape index (κ2) is 6.11. The van der Waals surface area contributed by atoms with Crippen LogP contribution in [0.4, 0.5) is 0 Å². The maximum atomic E-state index is 12.9. The Bertz CT molecular complexity index is 566. The van der Waals surface area contributed by atoms with Gasteiger partial charge in [-0.15, -0.1) is 11.3 Å². The van der Waals surface area contributed by atoms with Crippen LogP contribution in [-0.2, 0) is 16.6 Å². The van der Waals surface area contributed by atoms with E-state index in [4.69, 9.17) is 0 Å².